The molecule has 0 N–H and O–H groups in total. The number of halogens is 1. The summed E-state index contributed by atoms with van der Waals surface area (Å²) in [5.41, 5.74) is 1.48. The van der Waals surface area contributed by atoms with Gasteiger partial charge < -0.3 is 0 Å². The van der Waals surface area contributed by atoms with Gasteiger partial charge in [0, 0.05) is 17.6 Å². The van der Waals surface area contributed by atoms with Crippen LogP contribution in [0.1, 0.15) is 15.9 Å². The predicted octanol–water partition coefficient (Wildman–Crippen LogP) is 2.28. The summed E-state index contributed by atoms with van der Waals surface area (Å²) in [7, 11) is 2.99. The first-order valence-electron chi connectivity index (χ1n) is 4.14. The molecule has 0 radical (unpaired) electrons. The summed E-state index contributed by atoms with van der Waals surface area (Å²) in [6, 6.07) is 5.18. The molecule has 0 unspecified atom stereocenters. The zero-order valence-corrected chi connectivity index (χ0v) is 9.13. The summed E-state index contributed by atoms with van der Waals surface area (Å²) < 4.78 is 0. The third-order valence-corrected chi connectivity index (χ3v) is 2.07. The van der Waals surface area contributed by atoms with Gasteiger partial charge in [0.05, 0.1) is 7.11 Å². The Morgan fingerprint density at radius 2 is 2.07 bits per heavy atom. The van der Waals surface area contributed by atoms with Gasteiger partial charge in [0.2, 0.25) is 0 Å². The Labute approximate surface area is 88.2 Å². The Hall–Kier alpha value is -1.06. The fraction of sp³-hybridized carbons (Fsp3) is 0.300. The molecule has 0 aliphatic heterocycles. The monoisotopic (exact) mass is 213 g/mol. The predicted molar refractivity (Wildman–Crippen MR) is 55.3 cm³/mol. The van der Waals surface area contributed by atoms with Crippen molar-refractivity contribution in [3.05, 3.63) is 34.3 Å². The van der Waals surface area contributed by atoms with Crippen LogP contribution in [0.15, 0.2) is 18.2 Å². The van der Waals surface area contributed by atoms with Crippen LogP contribution in [0.25, 0.3) is 0 Å². The van der Waals surface area contributed by atoms with E-state index in [1.54, 1.807) is 25.2 Å². The van der Waals surface area contributed by atoms with Crippen LogP contribution in [0.2, 0.25) is 5.02 Å². The second-order valence-electron chi connectivity index (χ2n) is 3.00. The fourth-order valence-corrected chi connectivity index (χ4v) is 1.41. The zero-order chi connectivity index (χ0) is 10.7. The van der Waals surface area contributed by atoms with Gasteiger partial charge in [0.25, 0.3) is 5.91 Å². The summed E-state index contributed by atoms with van der Waals surface area (Å²) >= 11 is 5.83. The van der Waals surface area contributed by atoms with Crippen LogP contribution in [0, 0.1) is 6.92 Å². The molecule has 0 atom stereocenters. The van der Waals surface area contributed by atoms with Gasteiger partial charge in [-0.05, 0) is 30.7 Å². The van der Waals surface area contributed by atoms with Crippen molar-refractivity contribution in [2.24, 2.45) is 0 Å². The van der Waals surface area contributed by atoms with Crippen molar-refractivity contribution >= 4 is 17.5 Å². The standard InChI is InChI=1S/C10H12ClNO2/c1-7-4-8(6-9(11)5-7)10(13)12(2)14-3/h4-6H,1-3H3. The Morgan fingerprint density at radius 3 is 2.57 bits per heavy atom. The lowest BCUT2D eigenvalue weighted by Gasteiger charge is -2.13. The smallest absolute Gasteiger partial charge is 0.274 e. The van der Waals surface area contributed by atoms with E-state index in [-0.39, 0.29) is 5.91 Å². The first-order chi connectivity index (χ1) is 6.54. The van der Waals surface area contributed by atoms with Crippen molar-refractivity contribution in [2.75, 3.05) is 14.2 Å². The van der Waals surface area contributed by atoms with Gasteiger partial charge in [-0.2, -0.15) is 0 Å². The van der Waals surface area contributed by atoms with Gasteiger partial charge in [-0.25, -0.2) is 5.06 Å². The van der Waals surface area contributed by atoms with Gasteiger partial charge in [-0.3, -0.25) is 9.63 Å². The van der Waals surface area contributed by atoms with E-state index < -0.39 is 0 Å². The van der Waals surface area contributed by atoms with Crippen LogP contribution in [-0.4, -0.2) is 25.1 Å². The van der Waals surface area contributed by atoms with Crippen LogP contribution < -0.4 is 0 Å². The van der Waals surface area contributed by atoms with Crippen molar-refractivity contribution in [3.8, 4) is 0 Å². The minimum atomic E-state index is -0.210. The van der Waals surface area contributed by atoms with Crippen molar-refractivity contribution in [3.63, 3.8) is 0 Å². The molecule has 1 aromatic rings. The third-order valence-electron chi connectivity index (χ3n) is 1.85. The van der Waals surface area contributed by atoms with E-state index in [0.717, 1.165) is 10.6 Å². The second kappa shape index (κ2) is 4.44. The number of hydrogen-bond acceptors (Lipinski definition) is 2. The molecule has 14 heavy (non-hydrogen) atoms. The number of hydrogen-bond donors (Lipinski definition) is 0. The number of carbonyl (C=O) groups is 1. The van der Waals surface area contributed by atoms with E-state index in [1.165, 1.54) is 7.11 Å². The van der Waals surface area contributed by atoms with Crippen molar-refractivity contribution in [1.82, 2.24) is 5.06 Å². The maximum Gasteiger partial charge on any atom is 0.277 e. The SMILES string of the molecule is CON(C)C(=O)c1cc(C)cc(Cl)c1. The molecule has 0 bridgehead atoms. The molecule has 1 amide bonds. The number of aryl methyl sites for hydroxylation is 1. The quantitative estimate of drug-likeness (QED) is 0.706. The summed E-state index contributed by atoms with van der Waals surface area (Å²) in [5.74, 6) is -0.210. The van der Waals surface area contributed by atoms with E-state index in [9.17, 15) is 4.79 Å². The highest BCUT2D eigenvalue weighted by atomic mass is 35.5. The Morgan fingerprint density at radius 1 is 1.43 bits per heavy atom. The average Bonchev–Trinajstić information content (AvgIpc) is 2.14. The molecule has 0 aliphatic carbocycles. The molecule has 1 aromatic carbocycles. The molecule has 0 fully saturated rings. The van der Waals surface area contributed by atoms with Gasteiger partial charge in [-0.1, -0.05) is 11.6 Å². The average molecular weight is 214 g/mol. The lowest BCUT2D eigenvalue weighted by Crippen LogP contribution is -2.25. The molecule has 0 aromatic heterocycles. The van der Waals surface area contributed by atoms with E-state index in [4.69, 9.17) is 16.4 Å². The Balaban J connectivity index is 3.01. The van der Waals surface area contributed by atoms with Crippen LogP contribution in [0.5, 0.6) is 0 Å². The highest BCUT2D eigenvalue weighted by Crippen LogP contribution is 2.15. The molecule has 4 heteroatoms. The van der Waals surface area contributed by atoms with Crippen molar-refractivity contribution in [1.29, 1.82) is 0 Å². The maximum atomic E-state index is 11.6. The molecule has 1 rings (SSSR count). The minimum absolute atomic E-state index is 0.210. The lowest BCUT2D eigenvalue weighted by atomic mass is 10.1. The maximum absolute atomic E-state index is 11.6. The summed E-state index contributed by atoms with van der Waals surface area (Å²) in [6.07, 6.45) is 0. The highest BCUT2D eigenvalue weighted by molar-refractivity contribution is 6.31. The number of nitrogens with zero attached hydrogens (tertiary/aromatic N) is 1. The van der Waals surface area contributed by atoms with Crippen LogP contribution >= 0.6 is 11.6 Å². The molecule has 3 nitrogen and oxygen atoms in total. The second-order valence-corrected chi connectivity index (χ2v) is 3.44. The molecule has 0 aliphatic rings. The molecular weight excluding hydrogens is 202 g/mol. The normalized spacial score (nSPS) is 10.0. The first-order valence-corrected chi connectivity index (χ1v) is 4.51. The molecular formula is C10H12ClNO2. The third kappa shape index (κ3) is 2.47. The zero-order valence-electron chi connectivity index (χ0n) is 8.37. The number of benzene rings is 1. The van der Waals surface area contributed by atoms with E-state index in [0.29, 0.717) is 10.6 Å². The van der Waals surface area contributed by atoms with E-state index in [1.807, 2.05) is 6.92 Å². The summed E-state index contributed by atoms with van der Waals surface area (Å²) in [5, 5.41) is 1.71. The molecule has 0 heterocycles. The molecule has 0 saturated heterocycles. The molecule has 0 saturated carbocycles. The van der Waals surface area contributed by atoms with E-state index >= 15 is 0 Å². The van der Waals surface area contributed by atoms with E-state index in [2.05, 4.69) is 0 Å². The minimum Gasteiger partial charge on any atom is -0.274 e. The number of hydroxylamine groups is 2. The summed E-state index contributed by atoms with van der Waals surface area (Å²) in [4.78, 5) is 16.4. The Bertz CT molecular complexity index is 332. The number of rotatable bonds is 2. The van der Waals surface area contributed by atoms with Crippen LogP contribution in [0.3, 0.4) is 0 Å². The number of carbonyl (C=O) groups excluding carboxylic acids is 1. The van der Waals surface area contributed by atoms with Crippen molar-refractivity contribution in [2.45, 2.75) is 6.92 Å². The van der Waals surface area contributed by atoms with Crippen LogP contribution in [-0.2, 0) is 4.84 Å². The Kier molecular flexibility index (Phi) is 3.49. The van der Waals surface area contributed by atoms with Gasteiger partial charge >= 0.3 is 0 Å². The largest absolute Gasteiger partial charge is 0.277 e. The van der Waals surface area contributed by atoms with Gasteiger partial charge in [0.15, 0.2) is 0 Å². The summed E-state index contributed by atoms with van der Waals surface area (Å²) in [6.45, 7) is 1.88. The first kappa shape index (κ1) is 11.0. The molecule has 76 valence electrons. The van der Waals surface area contributed by atoms with Gasteiger partial charge in [-0.15, -0.1) is 0 Å². The number of amides is 1. The highest BCUT2D eigenvalue weighted by Gasteiger charge is 2.11. The fourth-order valence-electron chi connectivity index (χ4n) is 1.12. The van der Waals surface area contributed by atoms with Crippen molar-refractivity contribution < 1.29 is 9.63 Å². The lowest BCUT2D eigenvalue weighted by molar-refractivity contribution is -0.0757. The van der Waals surface area contributed by atoms with Gasteiger partial charge in [0.1, 0.15) is 0 Å². The topological polar surface area (TPSA) is 29.5 Å². The van der Waals surface area contributed by atoms with Crippen LogP contribution in [0.4, 0.5) is 0 Å². The molecule has 0 spiro atoms.